The highest BCUT2D eigenvalue weighted by Crippen LogP contribution is 2.28. The van der Waals surface area contributed by atoms with E-state index in [1.165, 1.54) is 12.1 Å². The van der Waals surface area contributed by atoms with Crippen LogP contribution < -0.4 is 5.32 Å². The quantitative estimate of drug-likeness (QED) is 0.763. The minimum Gasteiger partial charge on any atom is -0.347 e. The molecule has 0 saturated heterocycles. The maximum absolute atomic E-state index is 13.2. The Morgan fingerprint density at radius 3 is 2.86 bits per heavy atom. The van der Waals surface area contributed by atoms with Crippen molar-refractivity contribution in [2.75, 3.05) is 0 Å². The monoisotopic (exact) mass is 316 g/mol. The number of hydrogen-bond acceptors (Lipinski definition) is 2. The lowest BCUT2D eigenvalue weighted by Crippen LogP contribution is -2.26. The Bertz CT molecular complexity index is 819. The Balaban J connectivity index is 1.83. The fourth-order valence-corrected chi connectivity index (χ4v) is 3.41. The summed E-state index contributed by atoms with van der Waals surface area (Å²) in [6.45, 7) is 4.43. The second-order valence-electron chi connectivity index (χ2n) is 5.48. The number of amides is 1. The summed E-state index contributed by atoms with van der Waals surface area (Å²) >= 11 is 1.62. The fourth-order valence-electron chi connectivity index (χ4n) is 2.60. The molecule has 2 heterocycles. The molecule has 0 saturated carbocycles. The van der Waals surface area contributed by atoms with Crippen LogP contribution in [0.25, 0.3) is 10.2 Å². The molecule has 0 radical (unpaired) electrons. The van der Waals surface area contributed by atoms with Crippen molar-refractivity contribution in [2.45, 2.75) is 26.4 Å². The molecule has 1 N–H and O–H groups in total. The molecule has 0 aliphatic carbocycles. The number of carbonyl (C=O) groups excluding carboxylic acids is 1. The van der Waals surface area contributed by atoms with E-state index in [-0.39, 0.29) is 17.8 Å². The highest BCUT2D eigenvalue weighted by Gasteiger charge is 2.18. The van der Waals surface area contributed by atoms with Gasteiger partial charge < -0.3 is 9.88 Å². The molecule has 5 heteroatoms. The van der Waals surface area contributed by atoms with Crippen LogP contribution in [-0.2, 0) is 6.54 Å². The maximum atomic E-state index is 13.2. The Morgan fingerprint density at radius 1 is 1.32 bits per heavy atom. The summed E-state index contributed by atoms with van der Waals surface area (Å²) in [7, 11) is 0. The van der Waals surface area contributed by atoms with Crippen LogP contribution >= 0.6 is 11.3 Å². The van der Waals surface area contributed by atoms with Crippen molar-refractivity contribution in [1.29, 1.82) is 0 Å². The zero-order valence-corrected chi connectivity index (χ0v) is 13.3. The van der Waals surface area contributed by atoms with Gasteiger partial charge in [-0.05, 0) is 49.1 Å². The number of benzene rings is 1. The number of carbonyl (C=O) groups is 1. The largest absolute Gasteiger partial charge is 0.347 e. The molecule has 0 atom stereocenters. The summed E-state index contributed by atoms with van der Waals surface area (Å²) in [6, 6.07) is 10.4. The first-order valence-corrected chi connectivity index (χ1v) is 8.05. The van der Waals surface area contributed by atoms with E-state index in [1.807, 2.05) is 22.1 Å². The second kappa shape index (κ2) is 5.93. The van der Waals surface area contributed by atoms with E-state index < -0.39 is 0 Å². The summed E-state index contributed by atoms with van der Waals surface area (Å²) in [5.74, 6) is -0.431. The van der Waals surface area contributed by atoms with Gasteiger partial charge in [0.2, 0.25) is 0 Å². The van der Waals surface area contributed by atoms with E-state index in [2.05, 4.69) is 19.2 Å². The van der Waals surface area contributed by atoms with Crippen molar-refractivity contribution in [2.24, 2.45) is 0 Å². The zero-order chi connectivity index (χ0) is 15.7. The van der Waals surface area contributed by atoms with Gasteiger partial charge in [-0.2, -0.15) is 0 Å². The normalized spacial score (nSPS) is 11.3. The third-order valence-electron chi connectivity index (χ3n) is 3.55. The topological polar surface area (TPSA) is 34.0 Å². The van der Waals surface area contributed by atoms with Gasteiger partial charge >= 0.3 is 0 Å². The van der Waals surface area contributed by atoms with Crippen LogP contribution in [0, 0.1) is 5.82 Å². The van der Waals surface area contributed by atoms with E-state index in [1.54, 1.807) is 23.5 Å². The Kier molecular flexibility index (Phi) is 3.98. The van der Waals surface area contributed by atoms with E-state index >= 15 is 0 Å². The van der Waals surface area contributed by atoms with Crippen LogP contribution in [0.1, 0.15) is 35.9 Å². The number of nitrogens with zero attached hydrogens (tertiary/aromatic N) is 1. The van der Waals surface area contributed by atoms with Crippen molar-refractivity contribution in [3.8, 4) is 0 Å². The lowest BCUT2D eigenvalue weighted by Gasteiger charge is -2.14. The van der Waals surface area contributed by atoms with Crippen LogP contribution in [0.4, 0.5) is 4.39 Å². The first-order valence-electron chi connectivity index (χ1n) is 7.17. The van der Waals surface area contributed by atoms with E-state index in [9.17, 15) is 9.18 Å². The summed E-state index contributed by atoms with van der Waals surface area (Å²) in [5, 5.41) is 4.89. The lowest BCUT2D eigenvalue weighted by molar-refractivity contribution is 0.0940. The lowest BCUT2D eigenvalue weighted by atomic mass is 10.2. The predicted molar refractivity (Wildman–Crippen MR) is 87.8 cm³/mol. The Labute approximate surface area is 132 Å². The highest BCUT2D eigenvalue weighted by atomic mass is 32.1. The van der Waals surface area contributed by atoms with Crippen LogP contribution in [0.2, 0.25) is 0 Å². The first-order chi connectivity index (χ1) is 10.6. The number of hydrogen-bond donors (Lipinski definition) is 1. The number of rotatable bonds is 4. The molecule has 0 spiro atoms. The van der Waals surface area contributed by atoms with Crippen molar-refractivity contribution in [1.82, 2.24) is 9.88 Å². The van der Waals surface area contributed by atoms with Gasteiger partial charge in [-0.1, -0.05) is 12.1 Å². The number of halogens is 1. The van der Waals surface area contributed by atoms with Gasteiger partial charge in [0.1, 0.15) is 11.5 Å². The minimum absolute atomic E-state index is 0.138. The molecule has 3 rings (SSSR count). The summed E-state index contributed by atoms with van der Waals surface area (Å²) in [6.07, 6.45) is 0. The highest BCUT2D eigenvalue weighted by molar-refractivity contribution is 7.17. The van der Waals surface area contributed by atoms with Crippen LogP contribution in [-0.4, -0.2) is 10.5 Å². The number of fused-ring (bicyclic) bond motifs is 1. The van der Waals surface area contributed by atoms with Gasteiger partial charge in [0.05, 0.1) is 10.2 Å². The first kappa shape index (κ1) is 14.8. The summed E-state index contributed by atoms with van der Waals surface area (Å²) in [5.41, 5.74) is 2.47. The minimum atomic E-state index is -0.294. The van der Waals surface area contributed by atoms with Crippen LogP contribution in [0.3, 0.4) is 0 Å². The molecule has 0 fully saturated rings. The molecule has 0 aliphatic rings. The van der Waals surface area contributed by atoms with Gasteiger partial charge in [-0.3, -0.25) is 4.79 Å². The second-order valence-corrected chi connectivity index (χ2v) is 6.42. The Morgan fingerprint density at radius 2 is 2.14 bits per heavy atom. The van der Waals surface area contributed by atoms with Crippen molar-refractivity contribution < 1.29 is 9.18 Å². The Hall–Kier alpha value is -2.14. The van der Waals surface area contributed by atoms with Gasteiger partial charge in [0, 0.05) is 12.6 Å². The van der Waals surface area contributed by atoms with Crippen molar-refractivity contribution >= 4 is 27.5 Å². The maximum Gasteiger partial charge on any atom is 0.268 e. The SMILES string of the molecule is CC(C)n1c(C(=O)NCc2cccc(F)c2)cc2sccc21. The molecule has 114 valence electrons. The molecule has 3 nitrogen and oxygen atoms in total. The molecule has 22 heavy (non-hydrogen) atoms. The zero-order valence-electron chi connectivity index (χ0n) is 12.5. The van der Waals surface area contributed by atoms with Gasteiger partial charge in [-0.15, -0.1) is 11.3 Å². The van der Waals surface area contributed by atoms with Crippen molar-refractivity contribution in [3.63, 3.8) is 0 Å². The van der Waals surface area contributed by atoms with Crippen LogP contribution in [0.5, 0.6) is 0 Å². The van der Waals surface area contributed by atoms with E-state index in [0.29, 0.717) is 12.2 Å². The number of thiophene rings is 1. The average Bonchev–Trinajstić information content (AvgIpc) is 3.04. The summed E-state index contributed by atoms with van der Waals surface area (Å²) < 4.78 is 16.3. The van der Waals surface area contributed by atoms with Gasteiger partial charge in [-0.25, -0.2) is 4.39 Å². The molecule has 2 aromatic heterocycles. The standard InChI is InChI=1S/C17H17FN2OS/c1-11(2)20-14-6-7-22-16(14)9-15(20)17(21)19-10-12-4-3-5-13(18)8-12/h3-9,11H,10H2,1-2H3,(H,19,21). The van der Waals surface area contributed by atoms with E-state index in [4.69, 9.17) is 0 Å². The molecule has 3 aromatic rings. The molecule has 1 amide bonds. The molecule has 1 aromatic carbocycles. The molecule has 0 bridgehead atoms. The molecular formula is C17H17FN2OS. The third-order valence-corrected chi connectivity index (χ3v) is 4.40. The molecule has 0 unspecified atom stereocenters. The van der Waals surface area contributed by atoms with Crippen LogP contribution in [0.15, 0.2) is 41.8 Å². The average molecular weight is 316 g/mol. The number of aromatic nitrogens is 1. The van der Waals surface area contributed by atoms with E-state index in [0.717, 1.165) is 15.8 Å². The van der Waals surface area contributed by atoms with Crippen molar-refractivity contribution in [3.05, 3.63) is 58.9 Å². The summed E-state index contributed by atoms with van der Waals surface area (Å²) in [4.78, 5) is 12.5. The van der Waals surface area contributed by atoms with Gasteiger partial charge in [0.15, 0.2) is 0 Å². The smallest absolute Gasteiger partial charge is 0.268 e. The molecule has 0 aliphatic heterocycles. The predicted octanol–water partition coefficient (Wildman–Crippen LogP) is 4.35. The van der Waals surface area contributed by atoms with Gasteiger partial charge in [0.25, 0.3) is 5.91 Å². The fraction of sp³-hybridized carbons (Fsp3) is 0.235. The third kappa shape index (κ3) is 2.76. The number of nitrogens with one attached hydrogen (secondary N) is 1. The molecular weight excluding hydrogens is 299 g/mol.